The molecule has 1 aromatic carbocycles. The van der Waals surface area contributed by atoms with Crippen LogP contribution in [0.25, 0.3) is 0 Å². The zero-order valence-electron chi connectivity index (χ0n) is 18.9. The molecular formula is C25H26N4O4. The second kappa shape index (κ2) is 8.97. The maximum Gasteiger partial charge on any atom is 0.241 e. The Morgan fingerprint density at radius 1 is 1.18 bits per heavy atom. The Morgan fingerprint density at radius 3 is 2.58 bits per heavy atom. The van der Waals surface area contributed by atoms with Crippen molar-refractivity contribution < 1.29 is 18.9 Å². The van der Waals surface area contributed by atoms with Gasteiger partial charge in [0, 0.05) is 38.3 Å². The van der Waals surface area contributed by atoms with Gasteiger partial charge in [0.05, 0.1) is 18.0 Å². The SMILES string of the molecule is Cc1ccccc1C1(CC(=O)N(C)C(C)c2ccon2)CC(=O)N(Cc2ccncc2)C1=O. The second-order valence-electron chi connectivity index (χ2n) is 8.50. The molecule has 0 radical (unpaired) electrons. The lowest BCUT2D eigenvalue weighted by atomic mass is 9.74. The highest BCUT2D eigenvalue weighted by atomic mass is 16.5. The van der Waals surface area contributed by atoms with Crippen molar-refractivity contribution in [1.29, 1.82) is 0 Å². The van der Waals surface area contributed by atoms with Crippen molar-refractivity contribution in [2.24, 2.45) is 0 Å². The van der Waals surface area contributed by atoms with Gasteiger partial charge in [-0.3, -0.25) is 24.3 Å². The monoisotopic (exact) mass is 446 g/mol. The van der Waals surface area contributed by atoms with E-state index in [0.717, 1.165) is 11.1 Å². The Kier molecular flexibility index (Phi) is 6.09. The predicted octanol–water partition coefficient (Wildman–Crippen LogP) is 3.18. The van der Waals surface area contributed by atoms with Gasteiger partial charge < -0.3 is 9.42 Å². The topological polar surface area (TPSA) is 96.6 Å². The van der Waals surface area contributed by atoms with E-state index in [1.54, 1.807) is 42.5 Å². The van der Waals surface area contributed by atoms with Gasteiger partial charge in [-0.2, -0.15) is 0 Å². The molecule has 33 heavy (non-hydrogen) atoms. The highest BCUT2D eigenvalue weighted by molar-refractivity contribution is 6.10. The standard InChI is InChI=1S/C25H26N4O4/c1-17-6-4-5-7-20(17)25(14-22(30)28(3)18(2)21-10-13-33-27-21)15-23(31)29(24(25)32)16-19-8-11-26-12-9-19/h4-13,18H,14-16H2,1-3H3. The quantitative estimate of drug-likeness (QED) is 0.517. The summed E-state index contributed by atoms with van der Waals surface area (Å²) in [7, 11) is 1.67. The van der Waals surface area contributed by atoms with Crippen molar-refractivity contribution in [3.05, 3.63) is 83.5 Å². The fourth-order valence-electron chi connectivity index (χ4n) is 4.42. The molecule has 4 rings (SSSR count). The lowest BCUT2D eigenvalue weighted by Gasteiger charge is -2.32. The number of amides is 3. The van der Waals surface area contributed by atoms with E-state index in [1.165, 1.54) is 11.2 Å². The molecule has 0 spiro atoms. The van der Waals surface area contributed by atoms with Crippen molar-refractivity contribution in [3.63, 3.8) is 0 Å². The first-order chi connectivity index (χ1) is 15.8. The van der Waals surface area contributed by atoms with Gasteiger partial charge in [0.2, 0.25) is 17.7 Å². The number of imide groups is 1. The number of carbonyl (C=O) groups excluding carboxylic acids is 3. The summed E-state index contributed by atoms with van der Waals surface area (Å²) in [5.41, 5.74) is 1.73. The molecule has 170 valence electrons. The molecule has 8 heteroatoms. The van der Waals surface area contributed by atoms with Gasteiger partial charge in [-0.25, -0.2) is 0 Å². The first-order valence-electron chi connectivity index (χ1n) is 10.8. The summed E-state index contributed by atoms with van der Waals surface area (Å²) in [5, 5.41) is 3.92. The Bertz CT molecular complexity index is 1160. The molecule has 3 aromatic rings. The Labute approximate surface area is 192 Å². The van der Waals surface area contributed by atoms with Crippen LogP contribution in [0.1, 0.15) is 48.2 Å². The fourth-order valence-corrected chi connectivity index (χ4v) is 4.42. The smallest absolute Gasteiger partial charge is 0.241 e. The largest absolute Gasteiger partial charge is 0.364 e. The van der Waals surface area contributed by atoms with E-state index in [9.17, 15) is 14.4 Å². The van der Waals surface area contributed by atoms with E-state index in [2.05, 4.69) is 10.1 Å². The van der Waals surface area contributed by atoms with E-state index in [0.29, 0.717) is 11.3 Å². The van der Waals surface area contributed by atoms with E-state index in [1.807, 2.05) is 38.1 Å². The maximum absolute atomic E-state index is 13.8. The molecule has 2 aromatic heterocycles. The van der Waals surface area contributed by atoms with E-state index >= 15 is 0 Å². The third-order valence-electron chi connectivity index (χ3n) is 6.47. The normalized spacial score (nSPS) is 19.1. The Hall–Kier alpha value is -3.81. The molecule has 3 heterocycles. The predicted molar refractivity (Wildman–Crippen MR) is 120 cm³/mol. The first kappa shape index (κ1) is 22.4. The van der Waals surface area contributed by atoms with Crippen molar-refractivity contribution >= 4 is 17.7 Å². The summed E-state index contributed by atoms with van der Waals surface area (Å²) in [6.45, 7) is 3.88. The number of aryl methyl sites for hydroxylation is 1. The molecule has 1 saturated heterocycles. The number of rotatable bonds is 7. The van der Waals surface area contributed by atoms with E-state index in [4.69, 9.17) is 4.52 Å². The summed E-state index contributed by atoms with van der Waals surface area (Å²) in [4.78, 5) is 47.2. The van der Waals surface area contributed by atoms with Crippen LogP contribution in [-0.2, 0) is 26.3 Å². The zero-order chi connectivity index (χ0) is 23.6. The number of pyridine rings is 1. The van der Waals surface area contributed by atoms with Gasteiger partial charge in [0.15, 0.2) is 0 Å². The highest BCUT2D eigenvalue weighted by Gasteiger charge is 2.54. The molecule has 1 fully saturated rings. The zero-order valence-corrected chi connectivity index (χ0v) is 18.9. The summed E-state index contributed by atoms with van der Waals surface area (Å²) >= 11 is 0. The third kappa shape index (κ3) is 4.16. The lowest BCUT2D eigenvalue weighted by molar-refractivity contribution is -0.143. The maximum atomic E-state index is 13.8. The van der Waals surface area contributed by atoms with Crippen LogP contribution in [0.3, 0.4) is 0 Å². The molecule has 1 aliphatic rings. The number of aromatic nitrogens is 2. The average Bonchev–Trinajstić information content (AvgIpc) is 3.43. The molecule has 0 N–H and O–H groups in total. The molecule has 3 amide bonds. The van der Waals surface area contributed by atoms with Gasteiger partial charge in [0.1, 0.15) is 12.0 Å². The molecule has 0 aliphatic carbocycles. The second-order valence-corrected chi connectivity index (χ2v) is 8.50. The highest BCUT2D eigenvalue weighted by Crippen LogP contribution is 2.42. The molecule has 1 aliphatic heterocycles. The average molecular weight is 447 g/mol. The molecule has 0 bridgehead atoms. The van der Waals surface area contributed by atoms with Crippen molar-refractivity contribution in [2.75, 3.05) is 7.05 Å². The van der Waals surface area contributed by atoms with Crippen molar-refractivity contribution in [3.8, 4) is 0 Å². The van der Waals surface area contributed by atoms with Crippen LogP contribution in [-0.4, -0.2) is 44.7 Å². The van der Waals surface area contributed by atoms with Gasteiger partial charge in [0.25, 0.3) is 0 Å². The summed E-state index contributed by atoms with van der Waals surface area (Å²) in [6, 6.07) is 12.3. The lowest BCUT2D eigenvalue weighted by Crippen LogP contribution is -2.43. The van der Waals surface area contributed by atoms with Crippen LogP contribution in [0.2, 0.25) is 0 Å². The minimum Gasteiger partial charge on any atom is -0.364 e. The van der Waals surface area contributed by atoms with Crippen LogP contribution >= 0.6 is 0 Å². The first-order valence-corrected chi connectivity index (χ1v) is 10.8. The summed E-state index contributed by atoms with van der Waals surface area (Å²) in [5.74, 6) is -0.893. The van der Waals surface area contributed by atoms with Crippen LogP contribution in [0.15, 0.2) is 65.6 Å². The van der Waals surface area contributed by atoms with Crippen LogP contribution in [0.4, 0.5) is 0 Å². The van der Waals surface area contributed by atoms with Crippen molar-refractivity contribution in [2.45, 2.75) is 44.7 Å². The molecule has 2 atom stereocenters. The van der Waals surface area contributed by atoms with Gasteiger partial charge in [-0.15, -0.1) is 0 Å². The number of nitrogens with zero attached hydrogens (tertiary/aromatic N) is 4. The van der Waals surface area contributed by atoms with Crippen LogP contribution in [0, 0.1) is 6.92 Å². The number of carbonyl (C=O) groups is 3. The molecular weight excluding hydrogens is 420 g/mol. The van der Waals surface area contributed by atoms with Crippen LogP contribution < -0.4 is 0 Å². The van der Waals surface area contributed by atoms with Gasteiger partial charge in [-0.1, -0.05) is 29.4 Å². The molecule has 0 saturated carbocycles. The number of benzene rings is 1. The van der Waals surface area contributed by atoms with E-state index < -0.39 is 5.41 Å². The molecule has 2 unspecified atom stereocenters. The van der Waals surface area contributed by atoms with E-state index in [-0.39, 0.29) is 43.1 Å². The minimum absolute atomic E-state index is 0.0559. The summed E-state index contributed by atoms with van der Waals surface area (Å²) < 4.78 is 4.91. The van der Waals surface area contributed by atoms with Gasteiger partial charge >= 0.3 is 0 Å². The summed E-state index contributed by atoms with van der Waals surface area (Å²) in [6.07, 6.45) is 4.53. The Balaban J connectivity index is 1.68. The number of hydrogen-bond acceptors (Lipinski definition) is 6. The van der Waals surface area contributed by atoms with Gasteiger partial charge in [-0.05, 0) is 42.7 Å². The number of likely N-dealkylation sites (tertiary alicyclic amines) is 1. The third-order valence-corrected chi connectivity index (χ3v) is 6.47. The number of hydrogen-bond donors (Lipinski definition) is 0. The van der Waals surface area contributed by atoms with Crippen LogP contribution in [0.5, 0.6) is 0 Å². The molecule has 8 nitrogen and oxygen atoms in total. The minimum atomic E-state index is -1.26. The Morgan fingerprint density at radius 2 is 1.91 bits per heavy atom. The fraction of sp³-hybridized carbons (Fsp3) is 0.320. The van der Waals surface area contributed by atoms with Crippen molar-refractivity contribution in [1.82, 2.24) is 19.9 Å².